The molecule has 22 heteroatoms. The van der Waals surface area contributed by atoms with Gasteiger partial charge in [0, 0.05) is 26.6 Å². The summed E-state index contributed by atoms with van der Waals surface area (Å²) in [4.78, 5) is 54.4. The van der Waals surface area contributed by atoms with Gasteiger partial charge in [-0.15, -0.1) is 0 Å². The van der Waals surface area contributed by atoms with Crippen molar-refractivity contribution in [2.45, 2.75) is 49.3 Å². The van der Waals surface area contributed by atoms with E-state index in [9.17, 15) is 29.5 Å². The molecule has 252 valence electrons. The second kappa shape index (κ2) is 13.2. The first-order valence-corrected chi connectivity index (χ1v) is 15.3. The Morgan fingerprint density at radius 2 is 1.37 bits per heavy atom. The number of nitrogens with two attached hydrogens (primary N) is 2. The number of aliphatic hydroxyl groups is 3. The van der Waals surface area contributed by atoms with E-state index >= 15 is 0 Å². The van der Waals surface area contributed by atoms with Gasteiger partial charge >= 0.3 is 7.60 Å². The molecule has 0 amide bonds. The number of hydrogen-bond acceptors (Lipinski definition) is 15. The monoisotopic (exact) mass is 672 g/mol. The molecule has 0 saturated carbocycles. The molecule has 0 aromatic carbocycles. The van der Waals surface area contributed by atoms with Crippen LogP contribution in [0, 0.1) is 0 Å². The highest BCUT2D eigenvalue weighted by atomic mass is 31.2. The number of aromatic amines is 2. The molecule has 46 heavy (non-hydrogen) atoms. The number of aliphatic hydroxyl groups excluding tert-OH is 3. The lowest BCUT2D eigenvalue weighted by molar-refractivity contribution is -0.167. The second-order valence-electron chi connectivity index (χ2n) is 10.3. The van der Waals surface area contributed by atoms with Crippen LogP contribution in [0.1, 0.15) is 12.5 Å². The molecular weight excluding hydrogens is 639 g/mol. The van der Waals surface area contributed by atoms with E-state index in [4.69, 9.17) is 44.9 Å². The second-order valence-corrected chi connectivity index (χ2v) is 11.9. The van der Waals surface area contributed by atoms with Crippen molar-refractivity contribution in [1.29, 1.82) is 0 Å². The molecule has 4 aromatic rings. The van der Waals surface area contributed by atoms with Crippen molar-refractivity contribution in [2.24, 2.45) is 0 Å². The minimum absolute atomic E-state index is 0.0151. The summed E-state index contributed by atoms with van der Waals surface area (Å²) in [6.45, 7) is -0.340. The number of anilines is 2. The van der Waals surface area contributed by atoms with Crippen molar-refractivity contribution in [3.05, 3.63) is 45.2 Å². The van der Waals surface area contributed by atoms with E-state index in [2.05, 4.69) is 19.9 Å². The standard InChI is InChI=1S/C12H17N4O8P.C12H16N4O5/c1-22-7-6(17)11(23-4-25(19,20)21)24-10(7)16-3-2-5-8(16)14-12(13)15-9(5)18;1-20-8-7(18)6(4-17)21-11(8)16-3-2-5-9(16)14-12(13)15-10(5)19/h2-3,6-7,10-11,17H,4H2,1H3,(H2,19,20,21)(H3,13,14,15,18);2-3,6-8,11,17-18H,4H2,1H3,(H3,13,14,15,19)/t6?,7-,10-,11+;6-,7?,8-,11-/m11/s1. The number of H-pyrrole nitrogens is 2. The molecule has 2 aliphatic rings. The van der Waals surface area contributed by atoms with E-state index in [1.54, 1.807) is 16.8 Å². The smallest absolute Gasteiger partial charge is 0.351 e. The fourth-order valence-corrected chi connectivity index (χ4v) is 5.63. The summed E-state index contributed by atoms with van der Waals surface area (Å²) >= 11 is 0. The van der Waals surface area contributed by atoms with Gasteiger partial charge in [-0.05, 0) is 12.1 Å². The first-order valence-electron chi connectivity index (χ1n) is 13.5. The first-order chi connectivity index (χ1) is 21.8. The lowest BCUT2D eigenvalue weighted by atomic mass is 10.1. The van der Waals surface area contributed by atoms with Gasteiger partial charge in [-0.1, -0.05) is 0 Å². The zero-order valence-electron chi connectivity index (χ0n) is 24.2. The highest BCUT2D eigenvalue weighted by Crippen LogP contribution is 2.39. The van der Waals surface area contributed by atoms with Gasteiger partial charge in [0.25, 0.3) is 11.1 Å². The van der Waals surface area contributed by atoms with Crippen LogP contribution in [0.5, 0.6) is 0 Å². The van der Waals surface area contributed by atoms with Crippen molar-refractivity contribution in [3.63, 3.8) is 0 Å². The average Bonchev–Trinajstić information content (AvgIpc) is 3.74. The Morgan fingerprint density at radius 3 is 1.83 bits per heavy atom. The van der Waals surface area contributed by atoms with Gasteiger partial charge in [0.15, 0.2) is 36.4 Å². The van der Waals surface area contributed by atoms with E-state index < -0.39 is 68.8 Å². The van der Waals surface area contributed by atoms with Gasteiger partial charge in [0.05, 0.1) is 17.4 Å². The highest BCUT2D eigenvalue weighted by molar-refractivity contribution is 7.51. The van der Waals surface area contributed by atoms with Gasteiger partial charge in [0.1, 0.15) is 30.5 Å². The maximum Gasteiger partial charge on any atom is 0.351 e. The van der Waals surface area contributed by atoms with Crippen molar-refractivity contribution in [1.82, 2.24) is 29.1 Å². The molecule has 6 rings (SSSR count). The molecule has 8 atom stereocenters. The number of nitrogens with one attached hydrogen (secondary N) is 2. The number of ether oxygens (including phenoxy) is 5. The Bertz CT molecular complexity index is 1850. The molecule has 4 aromatic heterocycles. The predicted molar refractivity (Wildman–Crippen MR) is 156 cm³/mol. The van der Waals surface area contributed by atoms with Crippen LogP contribution in [0.15, 0.2) is 34.1 Å². The topological polar surface area (TPSA) is 318 Å². The van der Waals surface area contributed by atoms with Crippen molar-refractivity contribution in [2.75, 3.05) is 38.6 Å². The van der Waals surface area contributed by atoms with Crippen molar-refractivity contribution in [3.8, 4) is 0 Å². The quantitative estimate of drug-likeness (QED) is 0.0857. The van der Waals surface area contributed by atoms with E-state index in [-0.39, 0.29) is 35.1 Å². The van der Waals surface area contributed by atoms with Crippen LogP contribution >= 0.6 is 7.60 Å². The van der Waals surface area contributed by atoms with Crippen LogP contribution in [0.3, 0.4) is 0 Å². The van der Waals surface area contributed by atoms with Crippen LogP contribution in [0.2, 0.25) is 0 Å². The van der Waals surface area contributed by atoms with E-state index in [0.717, 1.165) is 0 Å². The summed E-state index contributed by atoms with van der Waals surface area (Å²) in [6.07, 6.45) is -5.51. The Kier molecular flexibility index (Phi) is 9.63. The van der Waals surface area contributed by atoms with Gasteiger partial charge in [0.2, 0.25) is 11.9 Å². The fraction of sp³-hybridized carbons (Fsp3) is 0.500. The summed E-state index contributed by atoms with van der Waals surface area (Å²) in [5, 5.41) is 30.1. The maximum absolute atomic E-state index is 11.9. The highest BCUT2D eigenvalue weighted by Gasteiger charge is 2.47. The summed E-state index contributed by atoms with van der Waals surface area (Å²) in [5.41, 5.74) is 10.8. The van der Waals surface area contributed by atoms with E-state index in [1.807, 2.05) is 0 Å². The zero-order valence-corrected chi connectivity index (χ0v) is 25.1. The number of fused-ring (bicyclic) bond motifs is 2. The number of aromatic nitrogens is 6. The largest absolute Gasteiger partial charge is 0.394 e. The number of nitrogens with zero attached hydrogens (tertiary/aromatic N) is 4. The normalized spacial score (nSPS) is 28.2. The third kappa shape index (κ3) is 6.43. The van der Waals surface area contributed by atoms with E-state index in [0.29, 0.717) is 11.0 Å². The van der Waals surface area contributed by atoms with Gasteiger partial charge < -0.3 is 69.4 Å². The zero-order chi connectivity index (χ0) is 33.5. The SMILES string of the molecule is CO[C@@H]1C(O)[C@@H](CO)O[C@H]1n1ccc2c(=O)[nH]c(N)nc21.CO[C@@H]1C(O)[C@@H](OCP(=O)(O)O)O[C@H]1n1ccc2c(=O)[nH]c(N)nc21. The first kappa shape index (κ1) is 33.6. The molecule has 0 radical (unpaired) electrons. The Balaban J connectivity index is 0.000000184. The molecule has 2 aliphatic heterocycles. The molecule has 6 heterocycles. The summed E-state index contributed by atoms with van der Waals surface area (Å²) in [6, 6.07) is 3.07. The lowest BCUT2D eigenvalue weighted by Gasteiger charge is -2.20. The summed E-state index contributed by atoms with van der Waals surface area (Å²) in [5.74, 6) is -0.113. The van der Waals surface area contributed by atoms with Crippen molar-refractivity contribution < 1.29 is 53.4 Å². The van der Waals surface area contributed by atoms with Crippen LogP contribution in [0.4, 0.5) is 11.9 Å². The summed E-state index contributed by atoms with van der Waals surface area (Å²) in [7, 11) is -1.68. The summed E-state index contributed by atoms with van der Waals surface area (Å²) < 4.78 is 40.5. The number of nitrogen functional groups attached to an aromatic ring is 2. The molecular formula is C24H33N8O13P. The minimum atomic E-state index is -4.44. The molecule has 0 spiro atoms. The molecule has 0 bridgehead atoms. The van der Waals surface area contributed by atoms with Gasteiger partial charge in [-0.25, -0.2) is 0 Å². The van der Waals surface area contributed by atoms with Gasteiger partial charge in [-0.3, -0.25) is 24.1 Å². The molecule has 2 saturated heterocycles. The molecule has 21 nitrogen and oxygen atoms in total. The average molecular weight is 673 g/mol. The molecule has 11 N–H and O–H groups in total. The fourth-order valence-electron chi connectivity index (χ4n) is 5.29. The van der Waals surface area contributed by atoms with Crippen LogP contribution in [-0.4, -0.2) is 118 Å². The maximum atomic E-state index is 11.9. The Hall–Kier alpha value is -3.73. The number of methoxy groups -OCH3 is 2. The number of hydrogen-bond donors (Lipinski definition) is 9. The lowest BCUT2D eigenvalue weighted by Crippen LogP contribution is -2.34. The Morgan fingerprint density at radius 1 is 0.891 bits per heavy atom. The molecule has 2 fully saturated rings. The van der Waals surface area contributed by atoms with E-state index in [1.165, 1.54) is 31.0 Å². The minimum Gasteiger partial charge on any atom is -0.394 e. The van der Waals surface area contributed by atoms with Crippen molar-refractivity contribution >= 4 is 41.6 Å². The molecule has 0 aliphatic carbocycles. The van der Waals surface area contributed by atoms with Gasteiger partial charge in [-0.2, -0.15) is 9.97 Å². The Labute approximate surface area is 257 Å². The third-order valence-electron chi connectivity index (χ3n) is 7.36. The third-order valence-corrected chi connectivity index (χ3v) is 7.85. The number of rotatable bonds is 8. The molecule has 2 unspecified atom stereocenters. The van der Waals surface area contributed by atoms with Crippen LogP contribution in [0.25, 0.3) is 22.1 Å². The van der Waals surface area contributed by atoms with Crippen LogP contribution < -0.4 is 22.6 Å². The predicted octanol–water partition coefficient (Wildman–Crippen LogP) is -2.74. The van der Waals surface area contributed by atoms with Crippen LogP contribution in [-0.2, 0) is 28.2 Å².